The van der Waals surface area contributed by atoms with E-state index in [1.807, 2.05) is 50.2 Å². The molecule has 1 heterocycles. The topological polar surface area (TPSA) is 69.7 Å². The van der Waals surface area contributed by atoms with Crippen LogP contribution in [0, 0.1) is 22.7 Å². The molecule has 0 unspecified atom stereocenters. The average Bonchev–Trinajstić information content (AvgIpc) is 1.90. The zero-order chi connectivity index (χ0) is 68.4. The minimum absolute atomic E-state index is 0.0283. The van der Waals surface area contributed by atoms with Crippen LogP contribution in [0.2, 0.25) is 10.0 Å². The van der Waals surface area contributed by atoms with Crippen LogP contribution in [0.3, 0.4) is 0 Å². The van der Waals surface area contributed by atoms with Crippen molar-refractivity contribution in [3.8, 4) is 17.9 Å². The molecule has 0 aliphatic rings. The quantitative estimate of drug-likeness (QED) is 0.135. The van der Waals surface area contributed by atoms with Crippen molar-refractivity contribution in [1.29, 1.82) is 10.5 Å². The molecule has 0 N–H and O–H groups in total. The average molecular weight is 1380 g/mol. The number of pyridine rings is 1. The van der Waals surface area contributed by atoms with Crippen LogP contribution in [0.1, 0.15) is 191 Å². The first-order valence-electron chi connectivity index (χ1n) is 26.1. The molecule has 0 spiro atoms. The smallest absolute Gasteiger partial charge is 0.428 e. The van der Waals surface area contributed by atoms with Crippen molar-refractivity contribution in [3.63, 3.8) is 0 Å². The Morgan fingerprint density at radius 3 is 1.10 bits per heavy atom. The molecule has 4 nitrogen and oxygen atoms in total. The number of halogens is 22. The third-order valence-corrected chi connectivity index (χ3v) is 12.6. The number of ether oxygens (including phenoxy) is 1. The zero-order valence-electron chi connectivity index (χ0n) is 49.0. The number of rotatable bonds is 9. The number of nitrogens with zero attached hydrogens (tertiary/aromatic N) is 3. The Morgan fingerprint density at radius 2 is 0.739 bits per heavy atom. The van der Waals surface area contributed by atoms with Crippen LogP contribution in [0.4, 0.5) is 83.4 Å². The monoisotopic (exact) mass is 1370 g/mol. The van der Waals surface area contributed by atoms with Crippen LogP contribution in [0.25, 0.3) is 0 Å². The Hall–Kier alpha value is -6.24. The van der Waals surface area contributed by atoms with Crippen molar-refractivity contribution in [2.45, 2.75) is 162 Å². The van der Waals surface area contributed by atoms with Crippen LogP contribution >= 0.6 is 39.1 Å². The van der Waals surface area contributed by atoms with Gasteiger partial charge in [-0.2, -0.15) is 93.9 Å². The Kier molecular flexibility index (Phi) is 30.4. The molecule has 88 heavy (non-hydrogen) atoms. The Morgan fingerprint density at radius 1 is 0.398 bits per heavy atom. The highest BCUT2D eigenvalue weighted by molar-refractivity contribution is 9.10. The second kappa shape index (κ2) is 33.5. The highest BCUT2D eigenvalue weighted by Gasteiger charge is 2.45. The van der Waals surface area contributed by atoms with E-state index in [-0.39, 0.29) is 34.6 Å². The van der Waals surface area contributed by atoms with Crippen LogP contribution in [0.5, 0.6) is 5.75 Å². The van der Waals surface area contributed by atoms with Crippen LogP contribution in [-0.2, 0) is 30.9 Å². The number of nitriles is 2. The van der Waals surface area contributed by atoms with Gasteiger partial charge in [-0.15, -0.1) is 0 Å². The molecular formula is C62H61BrCl2F19N3O. The highest BCUT2D eigenvalue weighted by atomic mass is 79.9. The maximum absolute atomic E-state index is 12.7. The van der Waals surface area contributed by atoms with E-state index in [0.717, 1.165) is 35.9 Å². The molecule has 484 valence electrons. The number of hydrogen-bond donors (Lipinski definition) is 0. The van der Waals surface area contributed by atoms with E-state index in [1.165, 1.54) is 51.0 Å². The Balaban J connectivity index is 0.000000534. The Bertz CT molecular complexity index is 3210. The largest absolute Gasteiger partial charge is 0.461 e. The first kappa shape index (κ1) is 79.8. The van der Waals surface area contributed by atoms with E-state index < -0.39 is 89.1 Å². The summed E-state index contributed by atoms with van der Waals surface area (Å²) in [5, 5.41) is 18.6. The maximum atomic E-state index is 12.7. The summed E-state index contributed by atoms with van der Waals surface area (Å²) in [6, 6.07) is 27.8. The second-order valence-electron chi connectivity index (χ2n) is 21.0. The van der Waals surface area contributed by atoms with Crippen molar-refractivity contribution in [3.05, 3.63) is 196 Å². The molecular weight excluding hydrogens is 1310 g/mol. The summed E-state index contributed by atoms with van der Waals surface area (Å²) < 4.78 is 240. The molecule has 0 fully saturated rings. The number of aromatic nitrogens is 1. The van der Waals surface area contributed by atoms with E-state index in [1.54, 1.807) is 32.0 Å². The lowest BCUT2D eigenvalue weighted by Crippen LogP contribution is -2.33. The number of alkyl halides is 19. The van der Waals surface area contributed by atoms with Gasteiger partial charge in [0.25, 0.3) is 0 Å². The summed E-state index contributed by atoms with van der Waals surface area (Å²) in [6.45, 7) is 21.9. The van der Waals surface area contributed by atoms with Gasteiger partial charge >= 0.3 is 43.4 Å². The van der Waals surface area contributed by atoms with E-state index in [4.69, 9.17) is 33.7 Å². The van der Waals surface area contributed by atoms with E-state index >= 15 is 0 Å². The molecule has 6 rings (SSSR count). The van der Waals surface area contributed by atoms with Gasteiger partial charge < -0.3 is 4.74 Å². The fraction of sp³-hybridized carbons (Fsp3) is 0.403. The minimum atomic E-state index is -4.88. The summed E-state index contributed by atoms with van der Waals surface area (Å²) >= 11 is 14.7. The Labute approximate surface area is 516 Å². The molecule has 6 aromatic rings. The predicted octanol–water partition coefficient (Wildman–Crippen LogP) is 24.4. The van der Waals surface area contributed by atoms with Gasteiger partial charge in [-0.1, -0.05) is 134 Å². The van der Waals surface area contributed by atoms with E-state index in [2.05, 4.69) is 59.4 Å². The van der Waals surface area contributed by atoms with Crippen molar-refractivity contribution >= 4 is 39.1 Å². The number of benzene rings is 5. The normalized spacial score (nSPS) is 12.0. The van der Waals surface area contributed by atoms with E-state index in [9.17, 15) is 83.4 Å². The third-order valence-electron chi connectivity index (χ3n) is 11.8. The molecule has 0 atom stereocenters. The molecule has 0 radical (unpaired) electrons. The van der Waals surface area contributed by atoms with Crippen molar-refractivity contribution < 1.29 is 88.2 Å². The molecule has 0 saturated heterocycles. The summed E-state index contributed by atoms with van der Waals surface area (Å²) in [5.41, 5.74) is -1.19. The predicted molar refractivity (Wildman–Crippen MR) is 305 cm³/mol. The van der Waals surface area contributed by atoms with Gasteiger partial charge in [-0.05, 0) is 166 Å². The molecule has 0 aliphatic carbocycles. The van der Waals surface area contributed by atoms with Gasteiger partial charge in [0, 0.05) is 14.5 Å². The molecule has 0 saturated carbocycles. The summed E-state index contributed by atoms with van der Waals surface area (Å²) in [4.78, 5) is 2.61. The van der Waals surface area contributed by atoms with Gasteiger partial charge in [-0.25, -0.2) is 4.98 Å². The fourth-order valence-corrected chi connectivity index (χ4v) is 7.81. The summed E-state index contributed by atoms with van der Waals surface area (Å²) in [5.74, 6) is -0.767. The van der Waals surface area contributed by atoms with Crippen LogP contribution in [0.15, 0.2) is 114 Å². The third kappa shape index (κ3) is 28.1. The maximum Gasteiger partial charge on any atom is 0.461 e. The molecule has 5 aromatic carbocycles. The van der Waals surface area contributed by atoms with Gasteiger partial charge in [-0.3, -0.25) is 0 Å². The van der Waals surface area contributed by atoms with Crippen molar-refractivity contribution in [2.24, 2.45) is 0 Å². The molecule has 0 bridgehead atoms. The molecule has 26 heteroatoms. The van der Waals surface area contributed by atoms with Gasteiger partial charge in [0.2, 0.25) is 0 Å². The second-order valence-corrected chi connectivity index (χ2v) is 22.8. The minimum Gasteiger partial charge on any atom is -0.428 e. The lowest BCUT2D eigenvalue weighted by molar-refractivity contribution is -0.253. The van der Waals surface area contributed by atoms with Crippen molar-refractivity contribution in [1.82, 2.24) is 4.98 Å². The zero-order valence-corrected chi connectivity index (χ0v) is 52.1. The lowest BCUT2D eigenvalue weighted by atomic mass is 9.98. The van der Waals surface area contributed by atoms with Gasteiger partial charge in [0.1, 0.15) is 17.1 Å². The van der Waals surface area contributed by atoms with Gasteiger partial charge in [0.15, 0.2) is 0 Å². The molecule has 1 aromatic heterocycles. The first-order chi connectivity index (χ1) is 39.9. The highest BCUT2D eigenvalue weighted by Crippen LogP contribution is 2.39. The molecule has 0 aliphatic heterocycles. The van der Waals surface area contributed by atoms with Gasteiger partial charge in [0.05, 0.1) is 40.0 Å². The summed E-state index contributed by atoms with van der Waals surface area (Å²) in [6.07, 6.45) is -32.2. The molecule has 0 amide bonds. The van der Waals surface area contributed by atoms with Crippen LogP contribution in [-0.4, -0.2) is 17.5 Å². The standard InChI is InChI=1S/C12H11F7O.C11H10F3N.C10H10BrF3.C10H9F6N.C10H11N.C9H10Cl2/c1-6(2)7-3-8(11(15,16)17)5-9(4-7)20-12(18,19)10(13)14;1-7(2)9-3-8(6-15)4-10(5-9)11(12,13)14;1-6(2)7-3-8(10(12,13)14)5-9(11)4-7;1-5(2)6-3-7(9(11,12)13)17-8(4-6)10(14,15)16;1-8(2)10-5-3-4-9(6-10)7-11;1-6(2)7-3-8(10)5-9(11)4-7/h3-6,10H,1-2H3;3-5,7H,1-2H3;3-6H,1-2H3;3-5H,1-2H3;3-6,8H,1-2H3;3-6H,1-2H3. The van der Waals surface area contributed by atoms with Crippen LogP contribution < -0.4 is 4.74 Å². The van der Waals surface area contributed by atoms with E-state index in [0.29, 0.717) is 49.6 Å². The summed E-state index contributed by atoms with van der Waals surface area (Å²) in [7, 11) is 0. The first-order valence-corrected chi connectivity index (χ1v) is 27.7. The fourth-order valence-electron chi connectivity index (χ4n) is 6.75. The number of hydrogen-bond acceptors (Lipinski definition) is 4. The SMILES string of the molecule is CC(C)c1cc(Br)cc(C(F)(F)F)c1.CC(C)c1cc(C#N)cc(C(F)(F)F)c1.CC(C)c1cc(C(F)(F)F)nc(C(F)(F)F)c1.CC(C)c1cc(Cl)cc(Cl)c1.CC(C)c1cc(OC(F)(F)C(F)F)cc(C(F)(F)F)c1.CC(C)c1cccc(C#N)c1. The lowest BCUT2D eigenvalue weighted by Gasteiger charge is -2.19. The van der Waals surface area contributed by atoms with Crippen molar-refractivity contribution in [2.75, 3.05) is 0 Å².